The summed E-state index contributed by atoms with van der Waals surface area (Å²) in [5.41, 5.74) is 10.9. The number of esters is 2. The van der Waals surface area contributed by atoms with E-state index >= 15 is 0 Å². The molecule has 0 radical (unpaired) electrons. The molecule has 0 aliphatic heterocycles. The van der Waals surface area contributed by atoms with E-state index < -0.39 is 11.9 Å². The lowest BCUT2D eigenvalue weighted by Crippen LogP contribution is -2.21. The molecule has 0 heterocycles. The molecule has 4 N–H and O–H groups in total. The van der Waals surface area contributed by atoms with Crippen LogP contribution in [0.25, 0.3) is 0 Å². The van der Waals surface area contributed by atoms with Crippen LogP contribution in [-0.2, 0) is 9.53 Å². The molecule has 0 spiro atoms. The number of ether oxygens (including phenoxy) is 1. The molecule has 0 fully saturated rings. The van der Waals surface area contributed by atoms with Gasteiger partial charge in [-0.2, -0.15) is 0 Å². The van der Waals surface area contributed by atoms with Gasteiger partial charge in [-0.25, -0.2) is 4.79 Å². The molecule has 0 aliphatic rings. The van der Waals surface area contributed by atoms with Gasteiger partial charge in [0.1, 0.15) is 0 Å². The third-order valence-corrected chi connectivity index (χ3v) is 1.55. The molecule has 1 rings (SSSR count). The van der Waals surface area contributed by atoms with E-state index in [9.17, 15) is 9.59 Å². The molecular weight excluding hydrogens is 184 g/mol. The van der Waals surface area contributed by atoms with Crippen molar-refractivity contribution in [3.05, 3.63) is 29.8 Å². The van der Waals surface area contributed by atoms with Gasteiger partial charge < -0.3 is 16.2 Å². The third-order valence-electron chi connectivity index (χ3n) is 1.55. The van der Waals surface area contributed by atoms with Crippen LogP contribution in [-0.4, -0.2) is 18.5 Å². The van der Waals surface area contributed by atoms with Crippen LogP contribution in [0.15, 0.2) is 24.3 Å². The molecule has 5 nitrogen and oxygen atoms in total. The van der Waals surface area contributed by atoms with E-state index in [2.05, 4.69) is 4.74 Å². The average molecular weight is 194 g/mol. The standard InChI is InChI=1S/C9H10N2O3/c10-5-8(12)14-9(13)6-3-1-2-4-7(6)11/h1-4H,5,10-11H2. The van der Waals surface area contributed by atoms with Crippen LogP contribution in [0.2, 0.25) is 0 Å². The second kappa shape index (κ2) is 4.38. The first-order valence-corrected chi connectivity index (χ1v) is 3.94. The van der Waals surface area contributed by atoms with Crippen molar-refractivity contribution in [3.8, 4) is 0 Å². The van der Waals surface area contributed by atoms with Crippen molar-refractivity contribution in [1.29, 1.82) is 0 Å². The summed E-state index contributed by atoms with van der Waals surface area (Å²) < 4.78 is 4.38. The van der Waals surface area contributed by atoms with E-state index in [4.69, 9.17) is 11.5 Å². The molecule has 1 aromatic rings. The molecule has 0 atom stereocenters. The number of anilines is 1. The molecule has 14 heavy (non-hydrogen) atoms. The Morgan fingerprint density at radius 3 is 2.50 bits per heavy atom. The molecule has 0 saturated heterocycles. The smallest absolute Gasteiger partial charge is 0.347 e. The molecule has 1 aromatic carbocycles. The second-order valence-corrected chi connectivity index (χ2v) is 2.55. The first-order chi connectivity index (χ1) is 6.65. The summed E-state index contributed by atoms with van der Waals surface area (Å²) in [7, 11) is 0. The number of nitrogens with two attached hydrogens (primary N) is 2. The Morgan fingerprint density at radius 2 is 1.93 bits per heavy atom. The monoisotopic (exact) mass is 194 g/mol. The Labute approximate surface area is 80.6 Å². The van der Waals surface area contributed by atoms with Crippen LogP contribution in [0.4, 0.5) is 5.69 Å². The van der Waals surface area contributed by atoms with Gasteiger partial charge in [0.25, 0.3) is 0 Å². The summed E-state index contributed by atoms with van der Waals surface area (Å²) in [6.45, 7) is -0.335. The van der Waals surface area contributed by atoms with Gasteiger partial charge in [-0.3, -0.25) is 4.79 Å². The maximum atomic E-state index is 11.3. The van der Waals surface area contributed by atoms with Gasteiger partial charge in [-0.1, -0.05) is 12.1 Å². The number of carbonyl (C=O) groups is 2. The van der Waals surface area contributed by atoms with E-state index in [0.717, 1.165) is 0 Å². The fraction of sp³-hybridized carbons (Fsp3) is 0.111. The predicted octanol–water partition coefficient (Wildman–Crippen LogP) is -0.0891. The highest BCUT2D eigenvalue weighted by Crippen LogP contribution is 2.11. The SMILES string of the molecule is NCC(=O)OC(=O)c1ccccc1N. The van der Waals surface area contributed by atoms with Gasteiger partial charge in [0.2, 0.25) is 0 Å². The fourth-order valence-electron chi connectivity index (χ4n) is 0.883. The molecular formula is C9H10N2O3. The summed E-state index contributed by atoms with van der Waals surface area (Å²) in [5, 5.41) is 0. The van der Waals surface area contributed by atoms with Gasteiger partial charge in [-0.05, 0) is 12.1 Å². The minimum atomic E-state index is -0.779. The average Bonchev–Trinajstić information content (AvgIpc) is 2.18. The van der Waals surface area contributed by atoms with Crippen molar-refractivity contribution in [2.75, 3.05) is 12.3 Å². The van der Waals surface area contributed by atoms with Crippen LogP contribution in [0, 0.1) is 0 Å². The largest absolute Gasteiger partial charge is 0.398 e. The molecule has 0 unspecified atom stereocenters. The van der Waals surface area contributed by atoms with Gasteiger partial charge in [0.15, 0.2) is 0 Å². The molecule has 0 saturated carbocycles. The fourth-order valence-corrected chi connectivity index (χ4v) is 0.883. The minimum absolute atomic E-state index is 0.161. The number of carbonyl (C=O) groups excluding carboxylic acids is 2. The summed E-state index contributed by atoms with van der Waals surface area (Å²) in [5.74, 6) is -1.56. The Hall–Kier alpha value is -1.88. The van der Waals surface area contributed by atoms with Crippen molar-refractivity contribution >= 4 is 17.6 Å². The van der Waals surface area contributed by atoms with Gasteiger partial charge >= 0.3 is 11.9 Å². The number of rotatable bonds is 2. The first-order valence-electron chi connectivity index (χ1n) is 3.94. The van der Waals surface area contributed by atoms with E-state index in [-0.39, 0.29) is 17.8 Å². The Kier molecular flexibility index (Phi) is 3.19. The minimum Gasteiger partial charge on any atom is -0.398 e. The Balaban J connectivity index is 2.80. The predicted molar refractivity (Wildman–Crippen MR) is 50.3 cm³/mol. The number of hydrogen-bond acceptors (Lipinski definition) is 5. The van der Waals surface area contributed by atoms with Gasteiger partial charge in [0, 0.05) is 5.69 Å². The maximum Gasteiger partial charge on any atom is 0.347 e. The van der Waals surface area contributed by atoms with Crippen molar-refractivity contribution in [2.24, 2.45) is 5.73 Å². The van der Waals surface area contributed by atoms with Gasteiger partial charge in [0.05, 0.1) is 12.1 Å². The maximum absolute atomic E-state index is 11.3. The van der Waals surface area contributed by atoms with Crippen molar-refractivity contribution in [1.82, 2.24) is 0 Å². The van der Waals surface area contributed by atoms with E-state index in [1.807, 2.05) is 0 Å². The van der Waals surface area contributed by atoms with Crippen LogP contribution in [0.3, 0.4) is 0 Å². The summed E-state index contributed by atoms with van der Waals surface area (Å²) in [4.78, 5) is 22.0. The van der Waals surface area contributed by atoms with Crippen molar-refractivity contribution in [2.45, 2.75) is 0 Å². The zero-order valence-corrected chi connectivity index (χ0v) is 7.40. The summed E-state index contributed by atoms with van der Waals surface area (Å²) >= 11 is 0. The van der Waals surface area contributed by atoms with Crippen LogP contribution < -0.4 is 11.5 Å². The molecule has 0 aliphatic carbocycles. The Bertz CT molecular complexity index is 363. The van der Waals surface area contributed by atoms with E-state index in [0.29, 0.717) is 0 Å². The molecule has 5 heteroatoms. The highest BCUT2D eigenvalue weighted by molar-refractivity contribution is 6.00. The van der Waals surface area contributed by atoms with E-state index in [1.54, 1.807) is 18.2 Å². The summed E-state index contributed by atoms with van der Waals surface area (Å²) in [6.07, 6.45) is 0. The van der Waals surface area contributed by atoms with Crippen LogP contribution in [0.5, 0.6) is 0 Å². The topological polar surface area (TPSA) is 95.4 Å². The first kappa shape index (κ1) is 10.2. The highest BCUT2D eigenvalue weighted by atomic mass is 16.6. The molecule has 0 bridgehead atoms. The van der Waals surface area contributed by atoms with Crippen molar-refractivity contribution in [3.63, 3.8) is 0 Å². The van der Waals surface area contributed by atoms with Crippen LogP contribution in [0.1, 0.15) is 10.4 Å². The molecule has 0 aromatic heterocycles. The normalized spacial score (nSPS) is 9.50. The summed E-state index contributed by atoms with van der Waals surface area (Å²) in [6, 6.07) is 6.32. The number of para-hydroxylation sites is 1. The number of nitrogen functional groups attached to an aromatic ring is 1. The lowest BCUT2D eigenvalue weighted by Gasteiger charge is -2.03. The quantitative estimate of drug-likeness (QED) is 0.389. The lowest BCUT2D eigenvalue weighted by atomic mass is 10.2. The van der Waals surface area contributed by atoms with Crippen molar-refractivity contribution < 1.29 is 14.3 Å². The highest BCUT2D eigenvalue weighted by Gasteiger charge is 2.13. The third kappa shape index (κ3) is 2.30. The van der Waals surface area contributed by atoms with Crippen LogP contribution >= 0.6 is 0 Å². The van der Waals surface area contributed by atoms with E-state index in [1.165, 1.54) is 6.07 Å². The molecule has 0 amide bonds. The Morgan fingerprint density at radius 1 is 1.29 bits per heavy atom. The van der Waals surface area contributed by atoms with Gasteiger partial charge in [-0.15, -0.1) is 0 Å². The zero-order chi connectivity index (χ0) is 10.6. The zero-order valence-electron chi connectivity index (χ0n) is 7.40. The number of hydrogen-bond donors (Lipinski definition) is 2. The number of benzene rings is 1. The molecule has 74 valence electrons. The lowest BCUT2D eigenvalue weighted by molar-refractivity contribution is -0.136. The second-order valence-electron chi connectivity index (χ2n) is 2.55.